The number of rotatable bonds is 3. The topological polar surface area (TPSA) is 79.7 Å². The van der Waals surface area contributed by atoms with Gasteiger partial charge in [0.2, 0.25) is 0 Å². The van der Waals surface area contributed by atoms with Crippen LogP contribution in [0.15, 0.2) is 34.8 Å². The van der Waals surface area contributed by atoms with Gasteiger partial charge in [0, 0.05) is 13.8 Å². The number of hydrogen-bond acceptors (Lipinski definition) is 6. The van der Waals surface area contributed by atoms with E-state index in [-0.39, 0.29) is 0 Å². The second-order valence-corrected chi connectivity index (χ2v) is 5.75. The van der Waals surface area contributed by atoms with Gasteiger partial charge in [-0.2, -0.15) is 0 Å². The Hall–Kier alpha value is -1.54. The van der Waals surface area contributed by atoms with Crippen molar-refractivity contribution < 1.29 is 9.46 Å². The second-order valence-electron chi connectivity index (χ2n) is 3.53. The number of nitrogens with zero attached hydrogens (tertiary/aromatic N) is 4. The smallest absolute Gasteiger partial charge is 0.289 e. The molecule has 0 amide bonds. The Labute approximate surface area is 112 Å². The highest BCUT2D eigenvalue weighted by Gasteiger charge is 2.11. The molecule has 0 saturated carbocycles. The van der Waals surface area contributed by atoms with Gasteiger partial charge in [-0.3, -0.25) is 0 Å². The molecule has 0 aliphatic carbocycles. The van der Waals surface area contributed by atoms with E-state index in [0.29, 0.717) is 9.46 Å². The highest BCUT2D eigenvalue weighted by molar-refractivity contribution is 8.76. The molecular weight excluding hydrogens is 272 g/mol. The molecule has 0 N–H and O–H groups in total. The average molecular weight is 282 g/mol. The summed E-state index contributed by atoms with van der Waals surface area (Å²) >= 11 is 0. The quantitative estimate of drug-likeness (QED) is 0.477. The van der Waals surface area contributed by atoms with Crippen LogP contribution in [0.5, 0.6) is 0 Å². The van der Waals surface area contributed by atoms with E-state index in [0.717, 1.165) is 21.2 Å². The summed E-state index contributed by atoms with van der Waals surface area (Å²) in [6.45, 7) is 3.65. The van der Waals surface area contributed by atoms with Crippen LogP contribution in [0.4, 0.5) is 0 Å². The minimum absolute atomic E-state index is 0.653. The Morgan fingerprint density at radius 2 is 1.28 bits per heavy atom. The number of hydrogen-bond donors (Lipinski definition) is 0. The van der Waals surface area contributed by atoms with Gasteiger partial charge in [0.15, 0.2) is 11.4 Å². The van der Waals surface area contributed by atoms with Crippen molar-refractivity contribution in [1.82, 2.24) is 9.97 Å². The zero-order valence-electron chi connectivity index (χ0n) is 9.73. The molecule has 0 spiro atoms. The Morgan fingerprint density at radius 1 is 0.889 bits per heavy atom. The maximum absolute atomic E-state index is 11.1. The summed E-state index contributed by atoms with van der Waals surface area (Å²) in [5.74, 6) is 0. The van der Waals surface area contributed by atoms with Crippen LogP contribution in [0, 0.1) is 24.3 Å². The van der Waals surface area contributed by atoms with E-state index in [4.69, 9.17) is 0 Å². The van der Waals surface area contributed by atoms with Crippen molar-refractivity contribution in [3.8, 4) is 0 Å². The lowest BCUT2D eigenvalue weighted by Gasteiger charge is -2.05. The van der Waals surface area contributed by atoms with Crippen LogP contribution >= 0.6 is 21.6 Å². The van der Waals surface area contributed by atoms with Crippen molar-refractivity contribution in [2.75, 3.05) is 0 Å². The fraction of sp³-hybridized carbons (Fsp3) is 0.200. The summed E-state index contributed by atoms with van der Waals surface area (Å²) in [4.78, 5) is 9.45. The van der Waals surface area contributed by atoms with Gasteiger partial charge in [0.25, 0.3) is 12.7 Å². The molecule has 2 aromatic rings. The summed E-state index contributed by atoms with van der Waals surface area (Å²) in [6, 6.07) is 0. The summed E-state index contributed by atoms with van der Waals surface area (Å²) in [6.07, 6.45) is 5.34. The summed E-state index contributed by atoms with van der Waals surface area (Å²) in [5, 5.41) is 22.3. The minimum atomic E-state index is 0.653. The van der Waals surface area contributed by atoms with Crippen molar-refractivity contribution in [1.29, 1.82) is 0 Å². The summed E-state index contributed by atoms with van der Waals surface area (Å²) in [7, 11) is 2.76. The first-order chi connectivity index (χ1) is 8.56. The first-order valence-electron chi connectivity index (χ1n) is 5.01. The van der Waals surface area contributed by atoms with Crippen LogP contribution in [0.25, 0.3) is 0 Å². The molecule has 0 aromatic carbocycles. The maximum Gasteiger partial charge on any atom is 0.289 e. The molecule has 0 bridgehead atoms. The largest absolute Gasteiger partial charge is 0.711 e. The van der Waals surface area contributed by atoms with Crippen molar-refractivity contribution in [2.24, 2.45) is 0 Å². The van der Waals surface area contributed by atoms with E-state index in [1.54, 1.807) is 0 Å². The molecule has 0 saturated heterocycles. The Kier molecular flexibility index (Phi) is 3.87. The molecule has 0 aliphatic heterocycles. The van der Waals surface area contributed by atoms with E-state index in [1.165, 1.54) is 46.6 Å². The highest BCUT2D eigenvalue weighted by Crippen LogP contribution is 2.38. The first-order valence-corrected chi connectivity index (χ1v) is 7.16. The fourth-order valence-corrected chi connectivity index (χ4v) is 3.49. The van der Waals surface area contributed by atoms with Gasteiger partial charge in [-0.15, -0.1) is 0 Å². The predicted octanol–water partition coefficient (Wildman–Crippen LogP) is 1.16. The maximum atomic E-state index is 11.1. The van der Waals surface area contributed by atoms with Crippen molar-refractivity contribution in [2.45, 2.75) is 23.6 Å². The molecule has 18 heavy (non-hydrogen) atoms. The summed E-state index contributed by atoms with van der Waals surface area (Å²) in [5.41, 5.74) is 1.55. The molecule has 0 fully saturated rings. The van der Waals surface area contributed by atoms with E-state index in [1.807, 2.05) is 13.8 Å². The van der Waals surface area contributed by atoms with Crippen LogP contribution in [0.2, 0.25) is 0 Å². The van der Waals surface area contributed by atoms with Gasteiger partial charge in [0.1, 0.15) is 22.2 Å². The third kappa shape index (κ3) is 3.02. The molecule has 2 heterocycles. The third-order valence-corrected chi connectivity index (χ3v) is 4.73. The lowest BCUT2D eigenvalue weighted by Crippen LogP contribution is -2.26. The van der Waals surface area contributed by atoms with E-state index in [2.05, 4.69) is 9.97 Å². The van der Waals surface area contributed by atoms with Gasteiger partial charge >= 0.3 is 0 Å². The number of aryl methyl sites for hydroxylation is 2. The van der Waals surface area contributed by atoms with Crippen LogP contribution in [-0.2, 0) is 0 Å². The average Bonchev–Trinajstić information content (AvgIpc) is 2.34. The minimum Gasteiger partial charge on any atom is -0.711 e. The molecule has 94 valence electrons. The first kappa shape index (κ1) is 12.9. The van der Waals surface area contributed by atoms with Crippen molar-refractivity contribution in [3.05, 3.63) is 46.9 Å². The Balaban J connectivity index is 2.16. The third-order valence-electron chi connectivity index (χ3n) is 2.15. The SMILES string of the molecule is Cc1nc[n+]([O-])cc1SSc1c[n+]([O-])cnc1C. The van der Waals surface area contributed by atoms with Crippen LogP contribution < -0.4 is 9.46 Å². The van der Waals surface area contributed by atoms with Crippen molar-refractivity contribution in [3.63, 3.8) is 0 Å². The van der Waals surface area contributed by atoms with Crippen LogP contribution in [-0.4, -0.2) is 9.97 Å². The van der Waals surface area contributed by atoms with Gasteiger partial charge in [-0.1, -0.05) is 9.97 Å². The van der Waals surface area contributed by atoms with E-state index < -0.39 is 0 Å². The van der Waals surface area contributed by atoms with E-state index >= 15 is 0 Å². The van der Waals surface area contributed by atoms with Crippen LogP contribution in [0.3, 0.4) is 0 Å². The molecule has 0 atom stereocenters. The highest BCUT2D eigenvalue weighted by atomic mass is 33.1. The Morgan fingerprint density at radius 3 is 1.67 bits per heavy atom. The van der Waals surface area contributed by atoms with Gasteiger partial charge in [0.05, 0.1) is 0 Å². The van der Waals surface area contributed by atoms with E-state index in [9.17, 15) is 10.4 Å². The molecule has 8 heteroatoms. The molecule has 0 radical (unpaired) electrons. The van der Waals surface area contributed by atoms with Gasteiger partial charge < -0.3 is 10.4 Å². The molecule has 2 rings (SSSR count). The zero-order chi connectivity index (χ0) is 13.1. The molecule has 0 aliphatic rings. The standard InChI is InChI=1S/C10H10N4O2S2/c1-7-9(3-13(15)5-11-7)17-18-10-4-14(16)6-12-8(10)2/h3-6H,1-2H3. The second kappa shape index (κ2) is 5.40. The molecule has 0 unspecified atom stereocenters. The van der Waals surface area contributed by atoms with Crippen LogP contribution in [0.1, 0.15) is 11.4 Å². The van der Waals surface area contributed by atoms with Crippen molar-refractivity contribution >= 4 is 21.6 Å². The normalized spacial score (nSPS) is 10.6. The molecule has 6 nitrogen and oxygen atoms in total. The van der Waals surface area contributed by atoms with Gasteiger partial charge in [-0.05, 0) is 21.6 Å². The molecule has 2 aromatic heterocycles. The monoisotopic (exact) mass is 282 g/mol. The zero-order valence-corrected chi connectivity index (χ0v) is 11.4. The lowest BCUT2D eigenvalue weighted by atomic mass is 10.5. The van der Waals surface area contributed by atoms with Gasteiger partial charge in [-0.25, -0.2) is 9.46 Å². The number of aromatic nitrogens is 4. The molecular formula is C10H10N4O2S2. The predicted molar refractivity (Wildman–Crippen MR) is 67.6 cm³/mol. The lowest BCUT2D eigenvalue weighted by molar-refractivity contribution is -0.611. The Bertz CT molecular complexity index is 528. The summed E-state index contributed by atoms with van der Waals surface area (Å²) < 4.78 is 1.31. The fourth-order valence-electron chi connectivity index (χ4n) is 1.15.